The summed E-state index contributed by atoms with van der Waals surface area (Å²) < 4.78 is 13.7. The van der Waals surface area contributed by atoms with E-state index in [2.05, 4.69) is 10.3 Å². The van der Waals surface area contributed by atoms with Crippen molar-refractivity contribution in [3.8, 4) is 0 Å². The molecule has 0 fully saturated rings. The highest BCUT2D eigenvalue weighted by Gasteiger charge is 2.17. The molecule has 20 heavy (non-hydrogen) atoms. The lowest BCUT2D eigenvalue weighted by Gasteiger charge is -2.09. The largest absolute Gasteiger partial charge is 0.375 e. The average Bonchev–Trinajstić information content (AvgIpc) is 2.80. The van der Waals surface area contributed by atoms with Gasteiger partial charge < -0.3 is 11.1 Å². The van der Waals surface area contributed by atoms with Gasteiger partial charge in [0, 0.05) is 18.3 Å². The number of nitrogens with two attached hydrogens (primary N) is 1. The van der Waals surface area contributed by atoms with Crippen LogP contribution in [0.5, 0.6) is 0 Å². The molecule has 0 saturated carbocycles. The average molecular weight is 314 g/mol. The van der Waals surface area contributed by atoms with E-state index in [0.717, 1.165) is 5.69 Å². The Kier molecular flexibility index (Phi) is 4.57. The number of aryl methyl sites for hydroxylation is 1. The highest BCUT2D eigenvalue weighted by atomic mass is 35.5. The molecule has 7 heteroatoms. The van der Waals surface area contributed by atoms with Crippen LogP contribution in [0, 0.1) is 12.7 Å². The number of halogens is 2. The molecule has 2 aromatic rings. The minimum Gasteiger partial charge on any atom is -0.375 e. The maximum atomic E-state index is 13.7. The summed E-state index contributed by atoms with van der Waals surface area (Å²) in [4.78, 5) is 16.0. The first-order valence-electron chi connectivity index (χ1n) is 5.91. The van der Waals surface area contributed by atoms with Gasteiger partial charge >= 0.3 is 0 Å². The van der Waals surface area contributed by atoms with Gasteiger partial charge in [0.05, 0.1) is 16.3 Å². The summed E-state index contributed by atoms with van der Waals surface area (Å²) in [6.07, 6.45) is 0.532. The summed E-state index contributed by atoms with van der Waals surface area (Å²) in [5.74, 6) is -1.16. The summed E-state index contributed by atoms with van der Waals surface area (Å²) in [7, 11) is 0. The van der Waals surface area contributed by atoms with Gasteiger partial charge in [0.1, 0.15) is 5.82 Å². The summed E-state index contributed by atoms with van der Waals surface area (Å²) in [6, 6.07) is 2.77. The maximum absolute atomic E-state index is 13.7. The third kappa shape index (κ3) is 3.26. The Morgan fingerprint density at radius 1 is 1.55 bits per heavy atom. The Hall–Kier alpha value is -1.66. The van der Waals surface area contributed by atoms with Crippen molar-refractivity contribution in [2.45, 2.75) is 13.3 Å². The van der Waals surface area contributed by atoms with Crippen LogP contribution >= 0.6 is 22.9 Å². The number of carbonyl (C=O) groups is 1. The molecule has 0 saturated heterocycles. The number of amides is 1. The highest BCUT2D eigenvalue weighted by Crippen LogP contribution is 2.23. The van der Waals surface area contributed by atoms with Crippen molar-refractivity contribution >= 4 is 34.0 Å². The Balaban J connectivity index is 2.00. The SMILES string of the molecule is Cc1ccc(F)c(C(=O)NCCc2csc(N)n2)c1Cl. The number of thiazole rings is 1. The van der Waals surface area contributed by atoms with Crippen molar-refractivity contribution in [2.75, 3.05) is 12.3 Å². The second-order valence-electron chi connectivity index (χ2n) is 4.24. The normalized spacial score (nSPS) is 10.6. The van der Waals surface area contributed by atoms with E-state index < -0.39 is 11.7 Å². The minimum absolute atomic E-state index is 0.121. The van der Waals surface area contributed by atoms with Crippen LogP contribution in [-0.4, -0.2) is 17.4 Å². The van der Waals surface area contributed by atoms with Crippen molar-refractivity contribution in [1.29, 1.82) is 0 Å². The maximum Gasteiger partial charge on any atom is 0.255 e. The van der Waals surface area contributed by atoms with Crippen LogP contribution in [0.4, 0.5) is 9.52 Å². The first kappa shape index (κ1) is 14.7. The lowest BCUT2D eigenvalue weighted by molar-refractivity contribution is 0.0950. The van der Waals surface area contributed by atoms with Gasteiger partial charge in [0.25, 0.3) is 5.91 Å². The number of nitrogens with one attached hydrogen (secondary N) is 1. The molecular weight excluding hydrogens is 301 g/mol. The lowest BCUT2D eigenvalue weighted by Crippen LogP contribution is -2.27. The van der Waals surface area contributed by atoms with Gasteiger partial charge in [-0.15, -0.1) is 11.3 Å². The van der Waals surface area contributed by atoms with E-state index in [-0.39, 0.29) is 10.6 Å². The standard InChI is InChI=1S/C13H13ClFN3OS/c1-7-2-3-9(15)10(11(7)14)12(19)17-5-4-8-6-20-13(16)18-8/h2-3,6H,4-5H2,1H3,(H2,16,18)(H,17,19). The number of nitrogens with zero attached hydrogens (tertiary/aromatic N) is 1. The Morgan fingerprint density at radius 2 is 2.30 bits per heavy atom. The van der Waals surface area contributed by atoms with E-state index in [4.69, 9.17) is 17.3 Å². The zero-order valence-corrected chi connectivity index (χ0v) is 12.3. The zero-order chi connectivity index (χ0) is 14.7. The van der Waals surface area contributed by atoms with Gasteiger partial charge in [-0.1, -0.05) is 17.7 Å². The van der Waals surface area contributed by atoms with E-state index >= 15 is 0 Å². The minimum atomic E-state index is -0.629. The molecule has 0 unspecified atom stereocenters. The number of anilines is 1. The summed E-state index contributed by atoms with van der Waals surface area (Å²) in [5.41, 5.74) is 6.84. The van der Waals surface area contributed by atoms with Crippen LogP contribution in [-0.2, 0) is 6.42 Å². The topological polar surface area (TPSA) is 68.0 Å². The predicted molar refractivity (Wildman–Crippen MR) is 78.7 cm³/mol. The van der Waals surface area contributed by atoms with Crippen LogP contribution in [0.15, 0.2) is 17.5 Å². The second-order valence-corrected chi connectivity index (χ2v) is 5.50. The fraction of sp³-hybridized carbons (Fsp3) is 0.231. The number of rotatable bonds is 4. The van der Waals surface area contributed by atoms with Crippen molar-refractivity contribution in [3.05, 3.63) is 45.2 Å². The third-order valence-corrected chi connectivity index (χ3v) is 3.96. The van der Waals surface area contributed by atoms with Gasteiger partial charge in [0.15, 0.2) is 5.13 Å². The molecule has 3 N–H and O–H groups in total. The molecule has 0 aliphatic heterocycles. The summed E-state index contributed by atoms with van der Waals surface area (Å²) in [5, 5.41) is 5.07. The molecule has 2 rings (SSSR count). The van der Waals surface area contributed by atoms with E-state index in [0.29, 0.717) is 23.7 Å². The van der Waals surface area contributed by atoms with Gasteiger partial charge in [-0.3, -0.25) is 4.79 Å². The van der Waals surface area contributed by atoms with Crippen LogP contribution in [0.25, 0.3) is 0 Å². The number of aromatic nitrogens is 1. The molecule has 0 spiro atoms. The van der Waals surface area contributed by atoms with E-state index in [9.17, 15) is 9.18 Å². The Labute approximate surface area is 124 Å². The molecule has 4 nitrogen and oxygen atoms in total. The van der Waals surface area contributed by atoms with E-state index in [1.54, 1.807) is 6.92 Å². The van der Waals surface area contributed by atoms with Gasteiger partial charge in [0.2, 0.25) is 0 Å². The first-order valence-corrected chi connectivity index (χ1v) is 7.17. The molecule has 1 amide bonds. The highest BCUT2D eigenvalue weighted by molar-refractivity contribution is 7.13. The number of benzene rings is 1. The summed E-state index contributed by atoms with van der Waals surface area (Å²) in [6.45, 7) is 2.06. The molecule has 1 heterocycles. The molecule has 0 aliphatic carbocycles. The number of hydrogen-bond donors (Lipinski definition) is 2. The molecular formula is C13H13ClFN3OS. The fourth-order valence-electron chi connectivity index (χ4n) is 1.69. The van der Waals surface area contributed by atoms with Crippen LogP contribution in [0.1, 0.15) is 21.6 Å². The summed E-state index contributed by atoms with van der Waals surface area (Å²) >= 11 is 7.30. The zero-order valence-electron chi connectivity index (χ0n) is 10.7. The second kappa shape index (κ2) is 6.19. The predicted octanol–water partition coefficient (Wildman–Crippen LogP) is 2.80. The van der Waals surface area contributed by atoms with Gasteiger partial charge in [-0.25, -0.2) is 9.37 Å². The van der Waals surface area contributed by atoms with Crippen LogP contribution in [0.3, 0.4) is 0 Å². The van der Waals surface area contributed by atoms with Gasteiger partial charge in [-0.2, -0.15) is 0 Å². The van der Waals surface area contributed by atoms with Crippen molar-refractivity contribution in [1.82, 2.24) is 10.3 Å². The monoisotopic (exact) mass is 313 g/mol. The van der Waals surface area contributed by atoms with Crippen LogP contribution in [0.2, 0.25) is 5.02 Å². The number of nitrogen functional groups attached to an aromatic ring is 1. The van der Waals surface area contributed by atoms with Crippen molar-refractivity contribution in [2.24, 2.45) is 0 Å². The smallest absolute Gasteiger partial charge is 0.255 e. The number of hydrogen-bond acceptors (Lipinski definition) is 4. The molecule has 0 aliphatic rings. The van der Waals surface area contributed by atoms with Crippen molar-refractivity contribution < 1.29 is 9.18 Å². The fourth-order valence-corrected chi connectivity index (χ4v) is 2.53. The third-order valence-electron chi connectivity index (χ3n) is 2.75. The van der Waals surface area contributed by atoms with Crippen LogP contribution < -0.4 is 11.1 Å². The van der Waals surface area contributed by atoms with Gasteiger partial charge in [-0.05, 0) is 18.6 Å². The molecule has 1 aromatic heterocycles. The van der Waals surface area contributed by atoms with E-state index in [1.807, 2.05) is 5.38 Å². The molecule has 0 bridgehead atoms. The first-order chi connectivity index (χ1) is 9.49. The quantitative estimate of drug-likeness (QED) is 0.912. The Morgan fingerprint density at radius 3 is 2.95 bits per heavy atom. The number of carbonyl (C=O) groups excluding carboxylic acids is 1. The van der Waals surface area contributed by atoms with E-state index in [1.165, 1.54) is 23.5 Å². The molecule has 0 radical (unpaired) electrons. The lowest BCUT2D eigenvalue weighted by atomic mass is 10.1. The van der Waals surface area contributed by atoms with Crippen molar-refractivity contribution in [3.63, 3.8) is 0 Å². The molecule has 106 valence electrons. The molecule has 0 atom stereocenters. The Bertz CT molecular complexity index is 645. The molecule has 1 aromatic carbocycles.